The summed E-state index contributed by atoms with van der Waals surface area (Å²) in [7, 11) is 0. The van der Waals surface area contributed by atoms with Crippen molar-refractivity contribution in [2.45, 2.75) is 38.7 Å². The number of aliphatic hydroxyl groups is 1. The summed E-state index contributed by atoms with van der Waals surface area (Å²) in [5.41, 5.74) is 1.08. The first-order chi connectivity index (χ1) is 11.3. The highest BCUT2D eigenvalue weighted by Gasteiger charge is 2.15. The van der Waals surface area contributed by atoms with Gasteiger partial charge in [-0.25, -0.2) is 0 Å². The molecule has 1 heteroatoms. The van der Waals surface area contributed by atoms with Crippen LogP contribution in [0.2, 0.25) is 0 Å². The molecule has 0 aliphatic carbocycles. The average Bonchev–Trinajstić information content (AvgIpc) is 2.59. The van der Waals surface area contributed by atoms with Crippen molar-refractivity contribution in [3.8, 4) is 0 Å². The van der Waals surface area contributed by atoms with Crippen LogP contribution in [0.1, 0.15) is 44.3 Å². The lowest BCUT2D eigenvalue weighted by atomic mass is 9.89. The Bertz CT molecular complexity index is 938. The highest BCUT2D eigenvalue weighted by Crippen LogP contribution is 2.38. The topological polar surface area (TPSA) is 20.2 Å². The molecule has 0 aliphatic heterocycles. The fourth-order valence-electron chi connectivity index (χ4n) is 3.79. The van der Waals surface area contributed by atoms with Gasteiger partial charge in [-0.1, -0.05) is 80.8 Å². The molecule has 23 heavy (non-hydrogen) atoms. The number of hydrogen-bond donors (Lipinski definition) is 1. The quantitative estimate of drug-likeness (QED) is 0.344. The summed E-state index contributed by atoms with van der Waals surface area (Å²) >= 11 is 0. The minimum absolute atomic E-state index is 0.369. The molecule has 0 spiro atoms. The van der Waals surface area contributed by atoms with Crippen LogP contribution >= 0.6 is 0 Å². The average molecular weight is 302 g/mol. The minimum Gasteiger partial charge on any atom is -0.388 e. The summed E-state index contributed by atoms with van der Waals surface area (Å²) in [6.07, 6.45) is 3.93. The van der Waals surface area contributed by atoms with Crippen molar-refractivity contribution in [2.75, 3.05) is 0 Å². The molecule has 116 valence electrons. The maximum absolute atomic E-state index is 10.7. The Morgan fingerprint density at radius 1 is 0.783 bits per heavy atom. The van der Waals surface area contributed by atoms with Crippen LogP contribution in [0, 0.1) is 0 Å². The molecule has 1 N–H and O–H groups in total. The largest absolute Gasteiger partial charge is 0.388 e. The molecule has 0 aliphatic rings. The third kappa shape index (κ3) is 2.36. The lowest BCUT2D eigenvalue weighted by Gasteiger charge is -2.17. The van der Waals surface area contributed by atoms with E-state index in [9.17, 15) is 5.11 Å². The molecule has 0 saturated carbocycles. The molecule has 0 fully saturated rings. The second-order valence-corrected chi connectivity index (χ2v) is 6.52. The Labute approximate surface area is 136 Å². The van der Waals surface area contributed by atoms with Crippen molar-refractivity contribution in [2.24, 2.45) is 0 Å². The van der Waals surface area contributed by atoms with Gasteiger partial charge in [-0.15, -0.1) is 0 Å². The summed E-state index contributed by atoms with van der Waals surface area (Å²) < 4.78 is 0. The van der Waals surface area contributed by atoms with E-state index < -0.39 is 0 Å². The van der Waals surface area contributed by atoms with E-state index in [2.05, 4.69) is 61.5 Å². The molecule has 0 heterocycles. The van der Waals surface area contributed by atoms with Crippen LogP contribution in [-0.4, -0.2) is 5.11 Å². The molecule has 0 bridgehead atoms. The zero-order valence-electron chi connectivity index (χ0n) is 13.5. The van der Waals surface area contributed by atoms with Crippen LogP contribution in [0.3, 0.4) is 0 Å². The SMILES string of the molecule is CCCCCC(O)c1ccc2ccc3cccc4ccc1c2c34. The standard InChI is InChI=1S/C22H22O/c1-2-3-4-8-20(23)18-13-11-17-10-9-15-6-5-7-16-12-14-19(18)22(17)21(15)16/h5-7,9-14,20,23H,2-4,8H2,1H3. The van der Waals surface area contributed by atoms with Gasteiger partial charge in [0.25, 0.3) is 0 Å². The lowest BCUT2D eigenvalue weighted by molar-refractivity contribution is 0.165. The molecule has 1 atom stereocenters. The van der Waals surface area contributed by atoms with Crippen molar-refractivity contribution in [1.29, 1.82) is 0 Å². The van der Waals surface area contributed by atoms with Crippen LogP contribution < -0.4 is 0 Å². The summed E-state index contributed by atoms with van der Waals surface area (Å²) in [6, 6.07) is 19.5. The van der Waals surface area contributed by atoms with Gasteiger partial charge in [-0.3, -0.25) is 0 Å². The Morgan fingerprint density at radius 2 is 1.43 bits per heavy atom. The van der Waals surface area contributed by atoms with Gasteiger partial charge >= 0.3 is 0 Å². The third-order valence-corrected chi connectivity index (χ3v) is 5.00. The highest BCUT2D eigenvalue weighted by molar-refractivity contribution is 6.23. The summed E-state index contributed by atoms with van der Waals surface area (Å²) in [5.74, 6) is 0. The van der Waals surface area contributed by atoms with Crippen LogP contribution in [0.5, 0.6) is 0 Å². The van der Waals surface area contributed by atoms with Crippen LogP contribution in [-0.2, 0) is 0 Å². The van der Waals surface area contributed by atoms with E-state index in [0.717, 1.165) is 18.4 Å². The van der Waals surface area contributed by atoms with Crippen molar-refractivity contribution in [1.82, 2.24) is 0 Å². The number of hydrogen-bond acceptors (Lipinski definition) is 1. The van der Waals surface area contributed by atoms with Gasteiger partial charge in [0.15, 0.2) is 0 Å². The molecule has 4 aromatic rings. The first-order valence-electron chi connectivity index (χ1n) is 8.64. The number of aliphatic hydroxyl groups excluding tert-OH is 1. The van der Waals surface area contributed by atoms with E-state index >= 15 is 0 Å². The van der Waals surface area contributed by atoms with Crippen LogP contribution in [0.15, 0.2) is 54.6 Å². The van der Waals surface area contributed by atoms with E-state index in [1.807, 2.05) is 0 Å². The molecule has 4 rings (SSSR count). The lowest BCUT2D eigenvalue weighted by Crippen LogP contribution is -1.99. The monoisotopic (exact) mass is 302 g/mol. The van der Waals surface area contributed by atoms with Gasteiger partial charge in [0.1, 0.15) is 0 Å². The van der Waals surface area contributed by atoms with E-state index in [-0.39, 0.29) is 6.10 Å². The fraction of sp³-hybridized carbons (Fsp3) is 0.273. The van der Waals surface area contributed by atoms with Gasteiger partial charge in [0.2, 0.25) is 0 Å². The van der Waals surface area contributed by atoms with Gasteiger partial charge in [0, 0.05) is 0 Å². The first kappa shape index (κ1) is 14.5. The number of rotatable bonds is 5. The van der Waals surface area contributed by atoms with Gasteiger partial charge in [-0.05, 0) is 44.3 Å². The van der Waals surface area contributed by atoms with E-state index in [4.69, 9.17) is 0 Å². The maximum atomic E-state index is 10.7. The fourth-order valence-corrected chi connectivity index (χ4v) is 3.79. The Kier molecular flexibility index (Phi) is 3.66. The molecular weight excluding hydrogens is 280 g/mol. The molecular formula is C22H22O. The van der Waals surface area contributed by atoms with Crippen LogP contribution in [0.25, 0.3) is 32.3 Å². The van der Waals surface area contributed by atoms with E-state index in [0.29, 0.717) is 0 Å². The highest BCUT2D eigenvalue weighted by atomic mass is 16.3. The van der Waals surface area contributed by atoms with Gasteiger partial charge < -0.3 is 5.11 Å². The van der Waals surface area contributed by atoms with Gasteiger partial charge in [0.05, 0.1) is 6.10 Å². The predicted molar refractivity (Wildman–Crippen MR) is 99.2 cm³/mol. The normalized spacial score (nSPS) is 13.3. The van der Waals surface area contributed by atoms with Gasteiger partial charge in [-0.2, -0.15) is 0 Å². The van der Waals surface area contributed by atoms with E-state index in [1.165, 1.54) is 45.2 Å². The molecule has 0 radical (unpaired) electrons. The summed E-state index contributed by atoms with van der Waals surface area (Å²) in [6.45, 7) is 2.20. The summed E-state index contributed by atoms with van der Waals surface area (Å²) in [5, 5.41) is 18.3. The minimum atomic E-state index is -0.369. The smallest absolute Gasteiger partial charge is 0.0796 e. The van der Waals surface area contributed by atoms with Crippen LogP contribution in [0.4, 0.5) is 0 Å². The third-order valence-electron chi connectivity index (χ3n) is 5.00. The maximum Gasteiger partial charge on any atom is 0.0796 e. The first-order valence-corrected chi connectivity index (χ1v) is 8.64. The molecule has 0 saturated heterocycles. The Morgan fingerprint density at radius 3 is 2.17 bits per heavy atom. The number of unbranched alkanes of at least 4 members (excludes halogenated alkanes) is 2. The second-order valence-electron chi connectivity index (χ2n) is 6.52. The second kappa shape index (κ2) is 5.82. The van der Waals surface area contributed by atoms with Crippen molar-refractivity contribution in [3.05, 3.63) is 60.2 Å². The summed E-state index contributed by atoms with van der Waals surface area (Å²) in [4.78, 5) is 0. The zero-order valence-corrected chi connectivity index (χ0v) is 13.5. The molecule has 1 unspecified atom stereocenters. The molecule has 4 aromatic carbocycles. The Balaban J connectivity index is 1.93. The van der Waals surface area contributed by atoms with Crippen molar-refractivity contribution in [3.63, 3.8) is 0 Å². The van der Waals surface area contributed by atoms with E-state index in [1.54, 1.807) is 0 Å². The predicted octanol–water partition coefficient (Wildman–Crippen LogP) is 6.20. The van der Waals surface area contributed by atoms with Crippen molar-refractivity contribution < 1.29 is 5.11 Å². The molecule has 1 nitrogen and oxygen atoms in total. The molecule has 0 amide bonds. The molecule has 0 aromatic heterocycles. The zero-order chi connectivity index (χ0) is 15.8. The number of benzene rings is 4. The Hall–Kier alpha value is -2.12. The van der Waals surface area contributed by atoms with Crippen molar-refractivity contribution >= 4 is 32.3 Å².